The van der Waals surface area contributed by atoms with E-state index >= 15 is 0 Å². The van der Waals surface area contributed by atoms with Gasteiger partial charge in [-0.15, -0.1) is 0 Å². The summed E-state index contributed by atoms with van der Waals surface area (Å²) in [6.07, 6.45) is 3.42. The number of benzene rings is 1. The van der Waals surface area contributed by atoms with Gasteiger partial charge >= 0.3 is 5.97 Å². The van der Waals surface area contributed by atoms with E-state index in [1.807, 2.05) is 0 Å². The maximum absolute atomic E-state index is 12.2. The molecular formula is C12H11BrN2O3S. The maximum atomic E-state index is 12.2. The largest absolute Gasteiger partial charge is 0.478 e. The van der Waals surface area contributed by atoms with Crippen LogP contribution in [0.15, 0.2) is 46.0 Å². The van der Waals surface area contributed by atoms with Gasteiger partial charge in [-0.1, -0.05) is 15.9 Å². The van der Waals surface area contributed by atoms with Gasteiger partial charge in [-0.05, 0) is 24.3 Å². The minimum Gasteiger partial charge on any atom is -0.478 e. The predicted octanol–water partition coefficient (Wildman–Crippen LogP) is 2.15. The van der Waals surface area contributed by atoms with Gasteiger partial charge in [0.2, 0.25) is 0 Å². The Hall–Kier alpha value is -1.47. The molecular weight excluding hydrogens is 332 g/mol. The fourth-order valence-corrected chi connectivity index (χ4v) is 3.32. The van der Waals surface area contributed by atoms with Gasteiger partial charge in [0.15, 0.2) is 0 Å². The van der Waals surface area contributed by atoms with Gasteiger partial charge in [0.1, 0.15) is 0 Å². The minimum absolute atomic E-state index is 0.0713. The number of halogens is 1. The Bertz CT molecular complexity index is 613. The molecule has 0 aliphatic rings. The van der Waals surface area contributed by atoms with E-state index in [4.69, 9.17) is 5.11 Å². The third kappa shape index (κ3) is 3.51. The average Bonchev–Trinajstić information content (AvgIpc) is 2.88. The highest BCUT2D eigenvalue weighted by Crippen LogP contribution is 2.20. The molecule has 1 aromatic carbocycles. The fourth-order valence-electron chi connectivity index (χ4n) is 1.58. The van der Waals surface area contributed by atoms with E-state index in [-0.39, 0.29) is 5.56 Å². The van der Waals surface area contributed by atoms with Crippen molar-refractivity contribution in [2.45, 2.75) is 11.4 Å². The summed E-state index contributed by atoms with van der Waals surface area (Å²) in [5.74, 6) is -0.756. The van der Waals surface area contributed by atoms with Crippen LogP contribution in [0.4, 0.5) is 0 Å². The number of aromatic nitrogens is 2. The lowest BCUT2D eigenvalue weighted by Gasteiger charge is -2.07. The summed E-state index contributed by atoms with van der Waals surface area (Å²) in [6, 6.07) is 6.44. The SMILES string of the molecule is O=C(O)c1ccc(Br)cc1S(=O)CCn1cccn1. The Morgan fingerprint density at radius 3 is 2.89 bits per heavy atom. The van der Waals surface area contributed by atoms with Crippen LogP contribution < -0.4 is 0 Å². The molecule has 7 heteroatoms. The number of carboxylic acid groups (broad SMARTS) is 1. The topological polar surface area (TPSA) is 72.2 Å². The molecule has 0 bridgehead atoms. The van der Waals surface area contributed by atoms with Crippen molar-refractivity contribution >= 4 is 32.7 Å². The van der Waals surface area contributed by atoms with E-state index in [1.54, 1.807) is 35.3 Å². The van der Waals surface area contributed by atoms with Crippen molar-refractivity contribution in [2.24, 2.45) is 0 Å². The zero-order valence-electron chi connectivity index (χ0n) is 9.82. The molecule has 0 saturated heterocycles. The first kappa shape index (κ1) is 14.0. The number of aryl methyl sites for hydroxylation is 1. The van der Waals surface area contributed by atoms with Gasteiger partial charge < -0.3 is 5.11 Å². The molecule has 1 heterocycles. The van der Waals surface area contributed by atoms with Gasteiger partial charge in [-0.3, -0.25) is 8.89 Å². The van der Waals surface area contributed by atoms with Crippen molar-refractivity contribution in [3.63, 3.8) is 0 Å². The van der Waals surface area contributed by atoms with Gasteiger partial charge in [0.25, 0.3) is 0 Å². The molecule has 0 aliphatic heterocycles. The number of carbonyl (C=O) groups is 1. The van der Waals surface area contributed by atoms with Crippen LogP contribution in [0.25, 0.3) is 0 Å². The molecule has 1 unspecified atom stereocenters. The minimum atomic E-state index is -1.38. The van der Waals surface area contributed by atoms with E-state index in [1.165, 1.54) is 6.07 Å². The fraction of sp³-hybridized carbons (Fsp3) is 0.167. The van der Waals surface area contributed by atoms with Crippen LogP contribution in [0.5, 0.6) is 0 Å². The van der Waals surface area contributed by atoms with Crippen LogP contribution in [0.3, 0.4) is 0 Å². The Morgan fingerprint density at radius 2 is 2.26 bits per heavy atom. The van der Waals surface area contributed by atoms with Gasteiger partial charge in [-0.25, -0.2) is 4.79 Å². The molecule has 2 rings (SSSR count). The Labute approximate surface area is 120 Å². The number of hydrogen-bond donors (Lipinski definition) is 1. The molecule has 0 aliphatic carbocycles. The molecule has 0 spiro atoms. The summed E-state index contributed by atoms with van der Waals surface area (Å²) in [6.45, 7) is 0.477. The van der Waals surface area contributed by atoms with Gasteiger partial charge in [0, 0.05) is 22.6 Å². The van der Waals surface area contributed by atoms with E-state index in [2.05, 4.69) is 21.0 Å². The Balaban J connectivity index is 2.18. The first-order chi connectivity index (χ1) is 9.08. The molecule has 100 valence electrons. The summed E-state index contributed by atoms with van der Waals surface area (Å²) < 4.78 is 14.6. The summed E-state index contributed by atoms with van der Waals surface area (Å²) in [7, 11) is -1.38. The van der Waals surface area contributed by atoms with Gasteiger partial charge in [-0.2, -0.15) is 5.10 Å². The highest BCUT2D eigenvalue weighted by Gasteiger charge is 2.15. The zero-order valence-corrected chi connectivity index (χ0v) is 12.2. The van der Waals surface area contributed by atoms with Crippen molar-refractivity contribution in [2.75, 3.05) is 5.75 Å². The van der Waals surface area contributed by atoms with Gasteiger partial charge in [0.05, 0.1) is 27.8 Å². The second-order valence-electron chi connectivity index (χ2n) is 3.76. The van der Waals surface area contributed by atoms with Crippen molar-refractivity contribution in [3.05, 3.63) is 46.7 Å². The van der Waals surface area contributed by atoms with Crippen LogP contribution in [0, 0.1) is 0 Å². The normalized spacial score (nSPS) is 12.3. The van der Waals surface area contributed by atoms with Crippen LogP contribution in [-0.2, 0) is 17.3 Å². The third-order valence-corrected chi connectivity index (χ3v) is 4.36. The lowest BCUT2D eigenvalue weighted by molar-refractivity contribution is 0.0693. The van der Waals surface area contributed by atoms with E-state index in [0.717, 1.165) is 0 Å². The monoisotopic (exact) mass is 342 g/mol. The number of carboxylic acids is 1. The molecule has 0 amide bonds. The standard InChI is InChI=1S/C12H11BrN2O3S/c13-9-2-3-10(12(16)17)11(8-9)19(18)7-6-15-5-1-4-14-15/h1-5,8H,6-7H2,(H,16,17). The lowest BCUT2D eigenvalue weighted by atomic mass is 10.2. The molecule has 1 N–H and O–H groups in total. The number of rotatable bonds is 5. The molecule has 19 heavy (non-hydrogen) atoms. The molecule has 5 nitrogen and oxygen atoms in total. The lowest BCUT2D eigenvalue weighted by Crippen LogP contribution is -2.11. The smallest absolute Gasteiger partial charge is 0.336 e. The predicted molar refractivity (Wildman–Crippen MR) is 74.6 cm³/mol. The molecule has 1 atom stereocenters. The first-order valence-electron chi connectivity index (χ1n) is 5.46. The molecule has 0 fully saturated rings. The van der Waals surface area contributed by atoms with Crippen LogP contribution in [0.2, 0.25) is 0 Å². The number of hydrogen-bond acceptors (Lipinski definition) is 3. The van der Waals surface area contributed by atoms with E-state index in [0.29, 0.717) is 21.7 Å². The van der Waals surface area contributed by atoms with Crippen LogP contribution in [0.1, 0.15) is 10.4 Å². The Kier molecular flexibility index (Phi) is 4.49. The summed E-state index contributed by atoms with van der Waals surface area (Å²) >= 11 is 3.26. The summed E-state index contributed by atoms with van der Waals surface area (Å²) in [5, 5.41) is 13.1. The Morgan fingerprint density at radius 1 is 1.47 bits per heavy atom. The van der Waals surface area contributed by atoms with Crippen molar-refractivity contribution in [1.29, 1.82) is 0 Å². The summed E-state index contributed by atoms with van der Waals surface area (Å²) in [4.78, 5) is 11.4. The number of aromatic carboxylic acids is 1. The van der Waals surface area contributed by atoms with Crippen molar-refractivity contribution in [1.82, 2.24) is 9.78 Å². The molecule has 2 aromatic rings. The highest BCUT2D eigenvalue weighted by atomic mass is 79.9. The van der Waals surface area contributed by atoms with Crippen LogP contribution in [-0.4, -0.2) is 30.8 Å². The summed E-state index contributed by atoms with van der Waals surface area (Å²) in [5.41, 5.74) is 0.0713. The number of nitrogens with zero attached hydrogens (tertiary/aromatic N) is 2. The van der Waals surface area contributed by atoms with E-state index < -0.39 is 16.8 Å². The second kappa shape index (κ2) is 6.12. The quantitative estimate of drug-likeness (QED) is 0.903. The molecule has 1 aromatic heterocycles. The zero-order chi connectivity index (χ0) is 13.8. The maximum Gasteiger partial charge on any atom is 0.336 e. The van der Waals surface area contributed by atoms with Crippen molar-refractivity contribution in [3.8, 4) is 0 Å². The van der Waals surface area contributed by atoms with E-state index in [9.17, 15) is 9.00 Å². The third-order valence-electron chi connectivity index (χ3n) is 2.48. The molecule has 0 saturated carbocycles. The molecule has 0 radical (unpaired) electrons. The van der Waals surface area contributed by atoms with Crippen molar-refractivity contribution < 1.29 is 14.1 Å². The van der Waals surface area contributed by atoms with Crippen LogP contribution >= 0.6 is 15.9 Å². The first-order valence-corrected chi connectivity index (χ1v) is 7.58. The second-order valence-corrected chi connectivity index (χ2v) is 6.22. The highest BCUT2D eigenvalue weighted by molar-refractivity contribution is 9.10. The average molecular weight is 343 g/mol.